The molecule has 0 bridgehead atoms. The first-order valence-corrected chi connectivity index (χ1v) is 9.31. The second-order valence-corrected chi connectivity index (χ2v) is 7.00. The molecule has 0 aromatic heterocycles. The van der Waals surface area contributed by atoms with E-state index in [9.17, 15) is 9.59 Å². The van der Waals surface area contributed by atoms with E-state index in [2.05, 4.69) is 5.32 Å². The van der Waals surface area contributed by atoms with Crippen LogP contribution in [0.3, 0.4) is 0 Å². The molecule has 0 aliphatic carbocycles. The lowest BCUT2D eigenvalue weighted by molar-refractivity contribution is -0.121. The van der Waals surface area contributed by atoms with Crippen molar-refractivity contribution in [3.63, 3.8) is 0 Å². The van der Waals surface area contributed by atoms with Gasteiger partial charge in [0.25, 0.3) is 0 Å². The van der Waals surface area contributed by atoms with Gasteiger partial charge in [-0.3, -0.25) is 9.59 Å². The quantitative estimate of drug-likeness (QED) is 0.754. The van der Waals surface area contributed by atoms with Crippen molar-refractivity contribution >= 4 is 34.8 Å². The maximum absolute atomic E-state index is 12.1. The maximum Gasteiger partial charge on any atom is 0.223 e. The van der Waals surface area contributed by atoms with E-state index in [0.717, 1.165) is 16.9 Å². The minimum atomic E-state index is -0.0840. The van der Waals surface area contributed by atoms with Gasteiger partial charge in [-0.25, -0.2) is 0 Å². The Balaban J connectivity index is 1.84. The summed E-state index contributed by atoms with van der Waals surface area (Å²) in [6.45, 7) is 2.40. The molecule has 6 heteroatoms. The summed E-state index contributed by atoms with van der Waals surface area (Å²) in [7, 11) is 3.93. The van der Waals surface area contributed by atoms with Crippen molar-refractivity contribution in [1.29, 1.82) is 0 Å². The fourth-order valence-corrected chi connectivity index (χ4v) is 2.95. The van der Waals surface area contributed by atoms with Crippen molar-refractivity contribution in [2.75, 3.05) is 37.0 Å². The fraction of sp³-hybridized carbons (Fsp3) is 0.333. The van der Waals surface area contributed by atoms with E-state index in [1.807, 2.05) is 67.5 Å². The standard InChI is InChI=1S/C21H26ClN3O2/c1-16(26)25(20-9-7-19(8-10-20)24(2)3)14-12-21(27)23-13-11-17-5-4-6-18(22)15-17/h4-10,15H,11-14H2,1-3H3,(H,23,27). The topological polar surface area (TPSA) is 52.7 Å². The number of halogens is 1. The molecule has 0 radical (unpaired) electrons. The van der Waals surface area contributed by atoms with Crippen LogP contribution in [0.2, 0.25) is 5.02 Å². The van der Waals surface area contributed by atoms with Crippen LogP contribution < -0.4 is 15.1 Å². The number of hydrogen-bond donors (Lipinski definition) is 1. The van der Waals surface area contributed by atoms with Crippen LogP contribution >= 0.6 is 11.6 Å². The zero-order valence-electron chi connectivity index (χ0n) is 16.0. The second kappa shape index (κ2) is 9.97. The lowest BCUT2D eigenvalue weighted by Gasteiger charge is -2.22. The van der Waals surface area contributed by atoms with Gasteiger partial charge in [0, 0.05) is 56.9 Å². The Labute approximate surface area is 165 Å². The lowest BCUT2D eigenvalue weighted by Crippen LogP contribution is -2.34. The van der Waals surface area contributed by atoms with Crippen LogP contribution in [0.15, 0.2) is 48.5 Å². The van der Waals surface area contributed by atoms with Crippen molar-refractivity contribution in [3.05, 3.63) is 59.1 Å². The average molecular weight is 388 g/mol. The minimum absolute atomic E-state index is 0.0758. The summed E-state index contributed by atoms with van der Waals surface area (Å²) in [6.07, 6.45) is 0.972. The molecule has 0 aliphatic rings. The normalized spacial score (nSPS) is 10.4. The third-order valence-electron chi connectivity index (χ3n) is 4.25. The number of amides is 2. The third-order valence-corrected chi connectivity index (χ3v) is 4.48. The second-order valence-electron chi connectivity index (χ2n) is 6.56. The van der Waals surface area contributed by atoms with Gasteiger partial charge in [0.05, 0.1) is 0 Å². The highest BCUT2D eigenvalue weighted by Crippen LogP contribution is 2.20. The van der Waals surface area contributed by atoms with Crippen LogP contribution in [0.5, 0.6) is 0 Å². The van der Waals surface area contributed by atoms with Gasteiger partial charge in [-0.2, -0.15) is 0 Å². The number of hydrogen-bond acceptors (Lipinski definition) is 3. The van der Waals surface area contributed by atoms with Gasteiger partial charge in [-0.15, -0.1) is 0 Å². The molecular formula is C21H26ClN3O2. The molecule has 2 rings (SSSR count). The largest absolute Gasteiger partial charge is 0.378 e. The number of nitrogens with zero attached hydrogens (tertiary/aromatic N) is 2. The first kappa shape index (κ1) is 20.8. The van der Waals surface area contributed by atoms with E-state index >= 15 is 0 Å². The van der Waals surface area contributed by atoms with Crippen LogP contribution in [0, 0.1) is 0 Å². The first-order chi connectivity index (χ1) is 12.9. The molecule has 2 amide bonds. The van der Waals surface area contributed by atoms with Crippen molar-refractivity contribution < 1.29 is 9.59 Å². The van der Waals surface area contributed by atoms with Crippen molar-refractivity contribution in [1.82, 2.24) is 5.32 Å². The van der Waals surface area contributed by atoms with Gasteiger partial charge in [0.15, 0.2) is 0 Å². The Hall–Kier alpha value is -2.53. The SMILES string of the molecule is CC(=O)N(CCC(=O)NCCc1cccc(Cl)c1)c1ccc(N(C)C)cc1. The Bertz CT molecular complexity index is 775. The number of rotatable bonds is 8. The Morgan fingerprint density at radius 3 is 2.30 bits per heavy atom. The monoisotopic (exact) mass is 387 g/mol. The van der Waals surface area contributed by atoms with Gasteiger partial charge in [-0.1, -0.05) is 23.7 Å². The molecule has 1 N–H and O–H groups in total. The fourth-order valence-electron chi connectivity index (χ4n) is 2.74. The third kappa shape index (κ3) is 6.61. The molecule has 2 aromatic rings. The molecule has 0 atom stereocenters. The number of benzene rings is 2. The van der Waals surface area contributed by atoms with Gasteiger partial charge < -0.3 is 15.1 Å². The Morgan fingerprint density at radius 1 is 1.04 bits per heavy atom. The molecule has 27 heavy (non-hydrogen) atoms. The molecule has 5 nitrogen and oxygen atoms in total. The zero-order chi connectivity index (χ0) is 19.8. The summed E-state index contributed by atoms with van der Waals surface area (Å²) < 4.78 is 0. The Kier molecular flexibility index (Phi) is 7.67. The average Bonchev–Trinajstić information content (AvgIpc) is 2.62. The summed E-state index contributed by atoms with van der Waals surface area (Å²) >= 11 is 5.96. The van der Waals surface area contributed by atoms with Crippen molar-refractivity contribution in [3.8, 4) is 0 Å². The molecule has 0 saturated heterocycles. The molecule has 0 spiro atoms. The summed E-state index contributed by atoms with van der Waals surface area (Å²) in [4.78, 5) is 27.7. The number of anilines is 2. The molecule has 0 heterocycles. The lowest BCUT2D eigenvalue weighted by atomic mass is 10.1. The molecular weight excluding hydrogens is 362 g/mol. The highest BCUT2D eigenvalue weighted by atomic mass is 35.5. The number of carbonyl (C=O) groups is 2. The smallest absolute Gasteiger partial charge is 0.223 e. The number of carbonyl (C=O) groups excluding carboxylic acids is 2. The van der Waals surface area contributed by atoms with Crippen molar-refractivity contribution in [2.45, 2.75) is 19.8 Å². The van der Waals surface area contributed by atoms with Gasteiger partial charge >= 0.3 is 0 Å². The predicted octanol–water partition coefficient (Wildman–Crippen LogP) is 3.51. The summed E-state index contributed by atoms with van der Waals surface area (Å²) in [5.74, 6) is -0.160. The minimum Gasteiger partial charge on any atom is -0.378 e. The maximum atomic E-state index is 12.1. The summed E-state index contributed by atoms with van der Waals surface area (Å²) in [6, 6.07) is 15.3. The summed E-state index contributed by atoms with van der Waals surface area (Å²) in [5.41, 5.74) is 2.93. The summed E-state index contributed by atoms with van der Waals surface area (Å²) in [5, 5.41) is 3.58. The van der Waals surface area contributed by atoms with E-state index < -0.39 is 0 Å². The first-order valence-electron chi connectivity index (χ1n) is 8.93. The van der Waals surface area contributed by atoms with Gasteiger partial charge in [0.2, 0.25) is 11.8 Å². The number of nitrogens with one attached hydrogen (secondary N) is 1. The molecule has 2 aromatic carbocycles. The molecule has 0 unspecified atom stereocenters. The van der Waals surface area contributed by atoms with Crippen molar-refractivity contribution in [2.24, 2.45) is 0 Å². The van der Waals surface area contributed by atoms with E-state index in [1.165, 1.54) is 6.92 Å². The highest BCUT2D eigenvalue weighted by Gasteiger charge is 2.13. The molecule has 0 fully saturated rings. The predicted molar refractivity (Wildman–Crippen MR) is 112 cm³/mol. The van der Waals surface area contributed by atoms with Gasteiger partial charge in [-0.05, 0) is 48.4 Å². The highest BCUT2D eigenvalue weighted by molar-refractivity contribution is 6.30. The zero-order valence-corrected chi connectivity index (χ0v) is 16.8. The van der Waals surface area contributed by atoms with Crippen LogP contribution in [-0.2, 0) is 16.0 Å². The van der Waals surface area contributed by atoms with Crippen LogP contribution in [-0.4, -0.2) is 39.0 Å². The van der Waals surface area contributed by atoms with E-state index in [-0.39, 0.29) is 18.2 Å². The molecule has 144 valence electrons. The Morgan fingerprint density at radius 2 is 1.70 bits per heavy atom. The van der Waals surface area contributed by atoms with E-state index in [1.54, 1.807) is 4.90 Å². The molecule has 0 aliphatic heterocycles. The van der Waals surface area contributed by atoms with E-state index in [4.69, 9.17) is 11.6 Å². The van der Waals surface area contributed by atoms with Gasteiger partial charge in [0.1, 0.15) is 0 Å². The van der Waals surface area contributed by atoms with Crippen LogP contribution in [0.1, 0.15) is 18.9 Å². The molecule has 0 saturated carbocycles. The van der Waals surface area contributed by atoms with Crippen LogP contribution in [0.4, 0.5) is 11.4 Å². The van der Waals surface area contributed by atoms with E-state index in [0.29, 0.717) is 24.5 Å². The van der Waals surface area contributed by atoms with Crippen LogP contribution in [0.25, 0.3) is 0 Å².